The molecule has 0 radical (unpaired) electrons. The summed E-state index contributed by atoms with van der Waals surface area (Å²) >= 11 is 0. The van der Waals surface area contributed by atoms with Crippen LogP contribution >= 0.6 is 0 Å². The quantitative estimate of drug-likeness (QED) is 0.124. The van der Waals surface area contributed by atoms with Gasteiger partial charge >= 0.3 is 5.97 Å². The van der Waals surface area contributed by atoms with Gasteiger partial charge in [0.1, 0.15) is 11.8 Å². The lowest BCUT2D eigenvalue weighted by Gasteiger charge is -2.60. The standard InChI is InChI=1S/C38H39N5O9/c1-17-9-20-10-25-27(13-39)43-26(31(41(25)4)29(20)35(32(17)48-6)49-15-47-5)12-24-30(36-34(50-16-51-36)18(2)33(24)52-19(3)44)28(43)14-42-37(45)22-8-7-21(40)11-23(22)38(42)46/h7-9,11,25-28,31H,10,12,14-16,40H2,1-6H3/t25-,26-,27-,28-,31-/m0/s1. The maximum absolute atomic E-state index is 14.0. The number of aryl methyl sites for hydroxylation is 1. The van der Waals surface area contributed by atoms with E-state index in [1.807, 2.05) is 20.9 Å². The molecule has 5 heterocycles. The minimum atomic E-state index is -0.765. The van der Waals surface area contributed by atoms with Crippen molar-refractivity contribution in [2.45, 2.75) is 63.8 Å². The van der Waals surface area contributed by atoms with Crippen LogP contribution in [0, 0.1) is 25.2 Å². The first kappa shape index (κ1) is 33.8. The van der Waals surface area contributed by atoms with E-state index in [1.54, 1.807) is 26.4 Å². The van der Waals surface area contributed by atoms with Gasteiger partial charge in [-0.2, -0.15) is 5.26 Å². The molecule has 270 valence electrons. The lowest BCUT2D eigenvalue weighted by atomic mass is 9.71. The average molecular weight is 710 g/mol. The number of fused-ring (bicyclic) bond motifs is 10. The number of nitrogens with zero attached hydrogens (tertiary/aromatic N) is 4. The van der Waals surface area contributed by atoms with Crippen molar-refractivity contribution >= 4 is 23.5 Å². The smallest absolute Gasteiger partial charge is 0.308 e. The molecule has 2 N–H and O–H groups in total. The first-order chi connectivity index (χ1) is 25.0. The van der Waals surface area contributed by atoms with Gasteiger partial charge in [-0.3, -0.25) is 29.1 Å². The first-order valence-corrected chi connectivity index (χ1v) is 17.1. The highest BCUT2D eigenvalue weighted by Gasteiger charge is 2.58. The summed E-state index contributed by atoms with van der Waals surface area (Å²) in [5, 5.41) is 11.1. The van der Waals surface area contributed by atoms with Crippen molar-refractivity contribution in [3.63, 3.8) is 0 Å². The zero-order valence-corrected chi connectivity index (χ0v) is 29.8. The lowest BCUT2D eigenvalue weighted by Crippen LogP contribution is -2.69. The Labute approximate surface area is 300 Å². The number of piperazine rings is 1. The molecular weight excluding hydrogens is 670 g/mol. The number of benzene rings is 3. The van der Waals surface area contributed by atoms with Crippen molar-refractivity contribution in [1.82, 2.24) is 14.7 Å². The number of anilines is 1. The molecule has 1 saturated heterocycles. The number of ether oxygens (including phenoxy) is 6. The van der Waals surface area contributed by atoms with E-state index < -0.39 is 35.9 Å². The predicted molar refractivity (Wildman–Crippen MR) is 185 cm³/mol. The number of methoxy groups -OCH3 is 2. The molecule has 5 atom stereocenters. The number of nitrogen functional groups attached to an aromatic ring is 1. The zero-order valence-electron chi connectivity index (χ0n) is 29.8. The van der Waals surface area contributed by atoms with Crippen molar-refractivity contribution in [3.8, 4) is 34.8 Å². The third kappa shape index (κ3) is 4.76. The summed E-state index contributed by atoms with van der Waals surface area (Å²) < 4.78 is 35.6. The van der Waals surface area contributed by atoms with E-state index in [-0.39, 0.29) is 43.3 Å². The number of amides is 2. The van der Waals surface area contributed by atoms with Crippen molar-refractivity contribution in [2.24, 2.45) is 0 Å². The van der Waals surface area contributed by atoms with Crippen molar-refractivity contribution in [1.29, 1.82) is 5.26 Å². The number of carbonyl (C=O) groups excluding carboxylic acids is 3. The van der Waals surface area contributed by atoms with Gasteiger partial charge in [-0.25, -0.2) is 0 Å². The van der Waals surface area contributed by atoms with Crippen molar-refractivity contribution in [3.05, 3.63) is 68.8 Å². The minimum Gasteiger partial charge on any atom is -0.493 e. The number of esters is 1. The van der Waals surface area contributed by atoms with Crippen LogP contribution in [0.5, 0.6) is 28.7 Å². The Kier molecular flexibility index (Phi) is 8.05. The highest BCUT2D eigenvalue weighted by molar-refractivity contribution is 6.21. The summed E-state index contributed by atoms with van der Waals surface area (Å²) in [6.07, 6.45) is 0.845. The number of likely N-dealkylation sites (N-methyl/N-ethyl adjacent to an activating group) is 1. The Morgan fingerprint density at radius 1 is 1.00 bits per heavy atom. The molecule has 14 nitrogen and oxygen atoms in total. The van der Waals surface area contributed by atoms with Crippen LogP contribution in [0.4, 0.5) is 5.69 Å². The fourth-order valence-corrected chi connectivity index (χ4v) is 9.17. The van der Waals surface area contributed by atoms with Crippen LogP contribution in [-0.4, -0.2) is 92.0 Å². The van der Waals surface area contributed by atoms with Gasteiger partial charge in [-0.05, 0) is 63.1 Å². The molecule has 5 aliphatic heterocycles. The molecule has 5 aliphatic rings. The zero-order chi connectivity index (χ0) is 36.7. The second kappa shape index (κ2) is 12.4. The number of carbonyl (C=O) groups is 3. The second-order valence-electron chi connectivity index (χ2n) is 13.9. The number of rotatable bonds is 7. The molecule has 52 heavy (non-hydrogen) atoms. The summed E-state index contributed by atoms with van der Waals surface area (Å²) in [7, 11) is 5.15. The van der Waals surface area contributed by atoms with E-state index in [4.69, 9.17) is 34.2 Å². The maximum Gasteiger partial charge on any atom is 0.308 e. The van der Waals surface area contributed by atoms with Crippen LogP contribution in [0.2, 0.25) is 0 Å². The lowest BCUT2D eigenvalue weighted by molar-refractivity contribution is -0.132. The summed E-state index contributed by atoms with van der Waals surface area (Å²) in [6.45, 7) is 4.90. The van der Waals surface area contributed by atoms with Crippen molar-refractivity contribution in [2.75, 3.05) is 47.1 Å². The number of nitriles is 1. The number of hydrogen-bond acceptors (Lipinski definition) is 13. The molecule has 8 rings (SSSR count). The molecule has 0 unspecified atom stereocenters. The topological polar surface area (TPSA) is 166 Å². The summed E-state index contributed by atoms with van der Waals surface area (Å²) in [5.41, 5.74) is 11.6. The van der Waals surface area contributed by atoms with E-state index in [0.717, 1.165) is 16.7 Å². The highest BCUT2D eigenvalue weighted by Crippen LogP contribution is 2.59. The van der Waals surface area contributed by atoms with E-state index in [2.05, 4.69) is 21.9 Å². The van der Waals surface area contributed by atoms with Gasteiger partial charge in [-0.1, -0.05) is 6.07 Å². The van der Waals surface area contributed by atoms with Crippen LogP contribution < -0.4 is 29.4 Å². The Hall–Kier alpha value is -5.36. The SMILES string of the molecule is COCOc1c(OC)c(C)cc2c1[C@@H]1[C@@H]3Cc4c(OC(C)=O)c(C)c5c(c4[C@H](CN4C(=O)c6ccc(N)cc6C4=O)N3[C@@H](C#N)[C@H](C2)N1C)OCO5. The molecule has 1 fully saturated rings. The van der Waals surface area contributed by atoms with Crippen LogP contribution in [0.15, 0.2) is 24.3 Å². The third-order valence-electron chi connectivity index (χ3n) is 11.2. The largest absolute Gasteiger partial charge is 0.493 e. The summed E-state index contributed by atoms with van der Waals surface area (Å²) in [5.74, 6) is 0.844. The summed E-state index contributed by atoms with van der Waals surface area (Å²) in [6, 6.07) is 6.82. The molecule has 0 aromatic heterocycles. The Morgan fingerprint density at radius 3 is 2.46 bits per heavy atom. The van der Waals surface area contributed by atoms with Gasteiger partial charge in [0.2, 0.25) is 6.79 Å². The predicted octanol–water partition coefficient (Wildman–Crippen LogP) is 3.60. The number of nitrogens with two attached hydrogens (primary N) is 1. The normalized spacial score (nSPS) is 24.1. The molecule has 14 heteroatoms. The molecule has 2 bridgehead atoms. The van der Waals surface area contributed by atoms with Gasteiger partial charge in [0.15, 0.2) is 29.8 Å². The van der Waals surface area contributed by atoms with Gasteiger partial charge in [0.25, 0.3) is 11.8 Å². The van der Waals surface area contributed by atoms with Crippen LogP contribution in [0.25, 0.3) is 0 Å². The fourth-order valence-electron chi connectivity index (χ4n) is 9.17. The highest BCUT2D eigenvalue weighted by atomic mass is 16.7. The molecule has 0 aliphatic carbocycles. The van der Waals surface area contributed by atoms with Crippen LogP contribution in [0.3, 0.4) is 0 Å². The number of hydrogen-bond donors (Lipinski definition) is 1. The Morgan fingerprint density at radius 2 is 1.75 bits per heavy atom. The monoisotopic (exact) mass is 709 g/mol. The van der Waals surface area contributed by atoms with Gasteiger partial charge in [0, 0.05) is 60.6 Å². The molecule has 2 amide bonds. The first-order valence-electron chi connectivity index (χ1n) is 17.1. The average Bonchev–Trinajstić information content (AvgIpc) is 3.69. The van der Waals surface area contributed by atoms with E-state index in [0.29, 0.717) is 64.0 Å². The second-order valence-corrected chi connectivity index (χ2v) is 13.9. The fraction of sp³-hybridized carbons (Fsp3) is 0.421. The Bertz CT molecular complexity index is 2110. The van der Waals surface area contributed by atoms with E-state index in [9.17, 15) is 19.6 Å². The molecular formula is C38H39N5O9. The van der Waals surface area contributed by atoms with E-state index >= 15 is 0 Å². The Balaban J connectivity index is 1.37. The van der Waals surface area contributed by atoms with Gasteiger partial charge in [-0.15, -0.1) is 0 Å². The molecule has 3 aromatic rings. The number of imide groups is 1. The molecule has 3 aromatic carbocycles. The van der Waals surface area contributed by atoms with Gasteiger partial charge in [0.05, 0.1) is 36.4 Å². The van der Waals surface area contributed by atoms with Gasteiger partial charge < -0.3 is 34.2 Å². The maximum atomic E-state index is 14.0. The molecule has 0 saturated carbocycles. The minimum absolute atomic E-state index is 0.0176. The molecule has 0 spiro atoms. The van der Waals surface area contributed by atoms with Crippen LogP contribution in [0.1, 0.15) is 73.1 Å². The van der Waals surface area contributed by atoms with E-state index in [1.165, 1.54) is 17.9 Å². The summed E-state index contributed by atoms with van der Waals surface area (Å²) in [4.78, 5) is 46.2. The third-order valence-corrected chi connectivity index (χ3v) is 11.2. The van der Waals surface area contributed by atoms with Crippen LogP contribution in [-0.2, 0) is 22.4 Å². The van der Waals surface area contributed by atoms with Crippen molar-refractivity contribution < 1.29 is 42.8 Å².